The van der Waals surface area contributed by atoms with Crippen molar-refractivity contribution in [2.45, 2.75) is 13.8 Å². The van der Waals surface area contributed by atoms with Gasteiger partial charge in [-0.2, -0.15) is 0 Å². The highest BCUT2D eigenvalue weighted by Gasteiger charge is 2.02. The molecule has 108 valence electrons. The van der Waals surface area contributed by atoms with E-state index < -0.39 is 0 Å². The van der Waals surface area contributed by atoms with E-state index in [1.807, 2.05) is 0 Å². The van der Waals surface area contributed by atoms with E-state index in [-0.39, 0.29) is 0 Å². The molecule has 0 saturated carbocycles. The molecule has 0 radical (unpaired) electrons. The van der Waals surface area contributed by atoms with Crippen molar-refractivity contribution in [3.8, 4) is 5.75 Å². The topological polar surface area (TPSA) is 24.5 Å². The lowest BCUT2D eigenvalue weighted by Gasteiger charge is -2.18. The number of halogens is 2. The molecular formula is C14H22Cl2N2O. The van der Waals surface area contributed by atoms with Crippen molar-refractivity contribution >= 4 is 23.2 Å². The normalized spacial score (nSPS) is 11.0. The fraction of sp³-hybridized carbons (Fsp3) is 0.571. The summed E-state index contributed by atoms with van der Waals surface area (Å²) in [6.07, 6.45) is 0. The zero-order chi connectivity index (χ0) is 14.1. The van der Waals surface area contributed by atoms with Crippen LogP contribution in [0, 0.1) is 0 Å². The summed E-state index contributed by atoms with van der Waals surface area (Å²) >= 11 is 11.8. The Morgan fingerprint density at radius 1 is 1.16 bits per heavy atom. The van der Waals surface area contributed by atoms with Gasteiger partial charge in [0.05, 0.1) is 5.02 Å². The number of nitrogens with zero attached hydrogens (tertiary/aromatic N) is 1. The maximum atomic E-state index is 6.01. The minimum atomic E-state index is 0.552. The summed E-state index contributed by atoms with van der Waals surface area (Å²) in [5.41, 5.74) is 0. The molecule has 0 atom stereocenters. The first-order valence-electron chi connectivity index (χ1n) is 6.68. The monoisotopic (exact) mass is 304 g/mol. The molecule has 0 saturated heterocycles. The Bertz CT molecular complexity index is 370. The number of hydrogen-bond acceptors (Lipinski definition) is 3. The quantitative estimate of drug-likeness (QED) is 0.709. The standard InChI is InChI=1S/C14H22Cl2N2O/c1-3-18(4-2)9-7-17-8-10-19-14-6-5-12(15)11-13(14)16/h5-6,11,17H,3-4,7-10H2,1-2H3. The van der Waals surface area contributed by atoms with Crippen molar-refractivity contribution in [2.24, 2.45) is 0 Å². The molecule has 1 N–H and O–H groups in total. The van der Waals surface area contributed by atoms with E-state index in [9.17, 15) is 0 Å². The third-order valence-electron chi connectivity index (χ3n) is 2.93. The fourth-order valence-electron chi connectivity index (χ4n) is 1.73. The molecule has 19 heavy (non-hydrogen) atoms. The van der Waals surface area contributed by atoms with Gasteiger partial charge in [-0.15, -0.1) is 0 Å². The Hall–Kier alpha value is -0.480. The van der Waals surface area contributed by atoms with Gasteiger partial charge in [-0.25, -0.2) is 0 Å². The SMILES string of the molecule is CCN(CC)CCNCCOc1ccc(Cl)cc1Cl. The third-order valence-corrected chi connectivity index (χ3v) is 3.46. The van der Waals surface area contributed by atoms with Gasteiger partial charge in [-0.1, -0.05) is 37.0 Å². The molecule has 1 aromatic carbocycles. The zero-order valence-electron chi connectivity index (χ0n) is 11.6. The number of rotatable bonds is 9. The fourth-order valence-corrected chi connectivity index (χ4v) is 2.19. The molecule has 0 aliphatic heterocycles. The molecule has 0 amide bonds. The highest BCUT2D eigenvalue weighted by Crippen LogP contribution is 2.27. The second-order valence-electron chi connectivity index (χ2n) is 4.20. The number of hydrogen-bond donors (Lipinski definition) is 1. The number of ether oxygens (including phenoxy) is 1. The summed E-state index contributed by atoms with van der Waals surface area (Å²) in [6, 6.07) is 5.25. The minimum absolute atomic E-state index is 0.552. The maximum Gasteiger partial charge on any atom is 0.138 e. The molecule has 0 spiro atoms. The van der Waals surface area contributed by atoms with Crippen LogP contribution in [-0.2, 0) is 0 Å². The van der Waals surface area contributed by atoms with Crippen LogP contribution in [0.5, 0.6) is 5.75 Å². The lowest BCUT2D eigenvalue weighted by molar-refractivity contribution is 0.285. The van der Waals surface area contributed by atoms with Crippen molar-refractivity contribution in [1.82, 2.24) is 10.2 Å². The van der Waals surface area contributed by atoms with Crippen molar-refractivity contribution < 1.29 is 4.74 Å². The van der Waals surface area contributed by atoms with Crippen LogP contribution in [0.3, 0.4) is 0 Å². The number of nitrogens with one attached hydrogen (secondary N) is 1. The van der Waals surface area contributed by atoms with Crippen LogP contribution < -0.4 is 10.1 Å². The van der Waals surface area contributed by atoms with Gasteiger partial charge < -0.3 is 15.0 Å². The molecule has 1 aromatic rings. The first-order valence-corrected chi connectivity index (χ1v) is 7.43. The smallest absolute Gasteiger partial charge is 0.138 e. The van der Waals surface area contributed by atoms with Gasteiger partial charge >= 0.3 is 0 Å². The second kappa shape index (κ2) is 9.43. The predicted molar refractivity (Wildman–Crippen MR) is 82.6 cm³/mol. The molecule has 1 rings (SSSR count). The van der Waals surface area contributed by atoms with Gasteiger partial charge in [0, 0.05) is 24.7 Å². The zero-order valence-corrected chi connectivity index (χ0v) is 13.1. The van der Waals surface area contributed by atoms with Crippen LogP contribution in [0.15, 0.2) is 18.2 Å². The van der Waals surface area contributed by atoms with Crippen LogP contribution in [-0.4, -0.2) is 44.2 Å². The van der Waals surface area contributed by atoms with Crippen molar-refractivity contribution in [3.63, 3.8) is 0 Å². The highest BCUT2D eigenvalue weighted by atomic mass is 35.5. The molecule has 0 fully saturated rings. The average Bonchev–Trinajstić information content (AvgIpc) is 2.40. The van der Waals surface area contributed by atoms with Gasteiger partial charge in [0.15, 0.2) is 0 Å². The Morgan fingerprint density at radius 2 is 1.89 bits per heavy atom. The van der Waals surface area contributed by atoms with E-state index in [0.29, 0.717) is 22.4 Å². The first kappa shape index (κ1) is 16.6. The van der Waals surface area contributed by atoms with Crippen molar-refractivity contribution in [3.05, 3.63) is 28.2 Å². The van der Waals surface area contributed by atoms with E-state index >= 15 is 0 Å². The molecular weight excluding hydrogens is 283 g/mol. The summed E-state index contributed by atoms with van der Waals surface area (Å²) in [5.74, 6) is 0.677. The van der Waals surface area contributed by atoms with Gasteiger partial charge in [0.25, 0.3) is 0 Å². The van der Waals surface area contributed by atoms with Crippen LogP contribution in [0.1, 0.15) is 13.8 Å². The highest BCUT2D eigenvalue weighted by molar-refractivity contribution is 6.35. The van der Waals surface area contributed by atoms with Crippen molar-refractivity contribution in [2.75, 3.05) is 39.3 Å². The van der Waals surface area contributed by atoms with E-state index in [2.05, 4.69) is 24.1 Å². The average molecular weight is 305 g/mol. The summed E-state index contributed by atoms with van der Waals surface area (Å²) in [6.45, 7) is 9.97. The van der Waals surface area contributed by atoms with E-state index in [4.69, 9.17) is 27.9 Å². The molecule has 5 heteroatoms. The van der Waals surface area contributed by atoms with Crippen molar-refractivity contribution in [1.29, 1.82) is 0 Å². The lowest BCUT2D eigenvalue weighted by Crippen LogP contribution is -2.33. The van der Waals surface area contributed by atoms with Gasteiger partial charge in [0.2, 0.25) is 0 Å². The number of likely N-dealkylation sites (N-methyl/N-ethyl adjacent to an activating group) is 1. The van der Waals surface area contributed by atoms with Crippen LogP contribution >= 0.6 is 23.2 Å². The molecule has 0 aromatic heterocycles. The van der Waals surface area contributed by atoms with Gasteiger partial charge in [-0.05, 0) is 31.3 Å². The first-order chi connectivity index (χ1) is 9.17. The summed E-state index contributed by atoms with van der Waals surface area (Å²) in [4.78, 5) is 2.38. The summed E-state index contributed by atoms with van der Waals surface area (Å²) in [7, 11) is 0. The second-order valence-corrected chi connectivity index (χ2v) is 5.04. The van der Waals surface area contributed by atoms with E-state index in [0.717, 1.165) is 32.7 Å². The van der Waals surface area contributed by atoms with Crippen LogP contribution in [0.2, 0.25) is 10.0 Å². The Balaban J connectivity index is 2.14. The van der Waals surface area contributed by atoms with E-state index in [1.165, 1.54) is 0 Å². The maximum absolute atomic E-state index is 6.01. The van der Waals surface area contributed by atoms with Crippen LogP contribution in [0.4, 0.5) is 0 Å². The van der Waals surface area contributed by atoms with E-state index in [1.54, 1.807) is 18.2 Å². The van der Waals surface area contributed by atoms with Crippen LogP contribution in [0.25, 0.3) is 0 Å². The largest absolute Gasteiger partial charge is 0.491 e. The summed E-state index contributed by atoms with van der Waals surface area (Å²) < 4.78 is 5.58. The third kappa shape index (κ3) is 6.48. The van der Waals surface area contributed by atoms with Gasteiger partial charge in [-0.3, -0.25) is 0 Å². The molecule has 0 heterocycles. The molecule has 0 aliphatic rings. The lowest BCUT2D eigenvalue weighted by atomic mass is 10.3. The van der Waals surface area contributed by atoms with Gasteiger partial charge in [0.1, 0.15) is 12.4 Å². The molecule has 0 aliphatic carbocycles. The Kier molecular flexibility index (Phi) is 8.22. The minimum Gasteiger partial charge on any atom is -0.491 e. The Morgan fingerprint density at radius 3 is 2.53 bits per heavy atom. The molecule has 0 bridgehead atoms. The molecule has 0 unspecified atom stereocenters. The molecule has 3 nitrogen and oxygen atoms in total. The summed E-state index contributed by atoms with van der Waals surface area (Å²) in [5, 5.41) is 4.52. The number of benzene rings is 1. The Labute approximate surface area is 125 Å². The predicted octanol–water partition coefficient (Wildman–Crippen LogP) is 3.30.